The number of fused-ring (bicyclic) bond motifs is 3. The average molecular weight is 404 g/mol. The summed E-state index contributed by atoms with van der Waals surface area (Å²) in [5.41, 5.74) is 0.599. The van der Waals surface area contributed by atoms with E-state index >= 15 is 0 Å². The lowest BCUT2D eigenvalue weighted by Gasteiger charge is -2.12. The molecule has 0 saturated carbocycles. The van der Waals surface area contributed by atoms with Gasteiger partial charge in [-0.15, -0.1) is 21.5 Å². The van der Waals surface area contributed by atoms with E-state index in [-0.39, 0.29) is 16.5 Å². The predicted molar refractivity (Wildman–Crippen MR) is 107 cm³/mol. The molecule has 0 unspecified atom stereocenters. The van der Waals surface area contributed by atoms with Crippen LogP contribution in [0.5, 0.6) is 0 Å². The maximum absolute atomic E-state index is 13.0. The smallest absolute Gasteiger partial charge is 0.271 e. The summed E-state index contributed by atoms with van der Waals surface area (Å²) in [6.07, 6.45) is 6.56. The Hall–Kier alpha value is -2.13. The first-order chi connectivity index (χ1) is 12.8. The molecule has 7 nitrogen and oxygen atoms in total. The van der Waals surface area contributed by atoms with Gasteiger partial charge in [-0.1, -0.05) is 38.5 Å². The lowest BCUT2D eigenvalue weighted by molar-refractivity contribution is 0.102. The number of rotatable bonds is 2. The molecule has 0 radical (unpaired) electrons. The van der Waals surface area contributed by atoms with Gasteiger partial charge >= 0.3 is 0 Å². The zero-order chi connectivity index (χ0) is 19.2. The van der Waals surface area contributed by atoms with Crippen molar-refractivity contribution >= 4 is 38.7 Å². The van der Waals surface area contributed by atoms with Crippen LogP contribution in [-0.4, -0.2) is 25.5 Å². The minimum atomic E-state index is -0.493. The number of hydrogen-bond donors (Lipinski definition) is 1. The van der Waals surface area contributed by atoms with Gasteiger partial charge in [0.05, 0.1) is 0 Å². The highest BCUT2D eigenvalue weighted by molar-refractivity contribution is 7.17. The highest BCUT2D eigenvalue weighted by atomic mass is 32.1. The summed E-state index contributed by atoms with van der Waals surface area (Å²) in [5.74, 6) is -0.493. The van der Waals surface area contributed by atoms with Gasteiger partial charge in [0.1, 0.15) is 10.6 Å². The molecular formula is C18H21N5O2S2. The van der Waals surface area contributed by atoms with Crippen molar-refractivity contribution in [2.45, 2.75) is 58.3 Å². The molecule has 0 atom stereocenters. The number of thiazole rings is 1. The fourth-order valence-corrected chi connectivity index (χ4v) is 5.11. The standard InChI is InChI=1S/C18H21N5O2S2/c1-18(2,3)15-21-22-16(27-15)20-13(24)10-9-19-17-23(14(10)25)11-7-5-4-6-8-12(11)26-17/h9H,4-8H2,1-3H3,(H,20,22,24). The molecule has 9 heteroatoms. The summed E-state index contributed by atoms with van der Waals surface area (Å²) in [6, 6.07) is 0. The molecule has 1 aliphatic rings. The minimum absolute atomic E-state index is 0.0323. The Kier molecular flexibility index (Phi) is 4.59. The highest BCUT2D eigenvalue weighted by Gasteiger charge is 2.23. The number of carbonyl (C=O) groups is 1. The van der Waals surface area contributed by atoms with Crippen molar-refractivity contribution in [2.24, 2.45) is 0 Å². The second-order valence-corrected chi connectivity index (χ2v) is 9.78. The Bertz CT molecular complexity index is 1070. The van der Waals surface area contributed by atoms with E-state index in [0.717, 1.165) is 36.4 Å². The molecule has 0 bridgehead atoms. The molecule has 1 aliphatic carbocycles. The van der Waals surface area contributed by atoms with Crippen LogP contribution in [0.3, 0.4) is 0 Å². The Morgan fingerprint density at radius 3 is 2.67 bits per heavy atom. The van der Waals surface area contributed by atoms with Crippen LogP contribution in [0, 0.1) is 0 Å². The fourth-order valence-electron chi connectivity index (χ4n) is 3.14. The van der Waals surface area contributed by atoms with E-state index in [1.165, 1.54) is 28.8 Å². The second kappa shape index (κ2) is 6.79. The molecule has 0 fully saturated rings. The van der Waals surface area contributed by atoms with Gasteiger partial charge in [-0.05, 0) is 25.7 Å². The molecule has 4 rings (SSSR count). The van der Waals surface area contributed by atoms with Crippen molar-refractivity contribution in [3.8, 4) is 0 Å². The van der Waals surface area contributed by atoms with E-state index < -0.39 is 5.91 Å². The zero-order valence-electron chi connectivity index (χ0n) is 15.5. The number of carbonyl (C=O) groups excluding carboxylic acids is 1. The van der Waals surface area contributed by atoms with Gasteiger partial charge in [-0.3, -0.25) is 19.3 Å². The molecular weight excluding hydrogens is 382 g/mol. The number of hydrogen-bond acceptors (Lipinski definition) is 7. The van der Waals surface area contributed by atoms with Crippen LogP contribution in [0.2, 0.25) is 0 Å². The van der Waals surface area contributed by atoms with E-state index in [1.54, 1.807) is 15.7 Å². The fraction of sp³-hybridized carbons (Fsp3) is 0.500. The summed E-state index contributed by atoms with van der Waals surface area (Å²) < 4.78 is 1.63. The van der Waals surface area contributed by atoms with Gasteiger partial charge in [0.15, 0.2) is 4.96 Å². The molecule has 0 spiro atoms. The Balaban J connectivity index is 1.68. The van der Waals surface area contributed by atoms with E-state index in [1.807, 2.05) is 20.8 Å². The van der Waals surface area contributed by atoms with E-state index in [2.05, 4.69) is 20.5 Å². The molecule has 0 aromatic carbocycles. The van der Waals surface area contributed by atoms with Crippen LogP contribution in [0.25, 0.3) is 4.96 Å². The van der Waals surface area contributed by atoms with E-state index in [4.69, 9.17) is 0 Å². The lowest BCUT2D eigenvalue weighted by atomic mass is 9.98. The second-order valence-electron chi connectivity index (χ2n) is 7.74. The number of nitrogens with one attached hydrogen (secondary N) is 1. The maximum atomic E-state index is 13.0. The van der Waals surface area contributed by atoms with Crippen molar-refractivity contribution in [3.05, 3.63) is 37.7 Å². The number of anilines is 1. The van der Waals surface area contributed by atoms with Crippen LogP contribution in [0.1, 0.15) is 66.0 Å². The lowest BCUT2D eigenvalue weighted by Crippen LogP contribution is -2.27. The molecule has 0 aliphatic heterocycles. The SMILES string of the molecule is CC(C)(C)c1nnc(NC(=O)c2cnc3sc4c(n3c2=O)CCCCC4)s1. The first kappa shape index (κ1) is 18.2. The summed E-state index contributed by atoms with van der Waals surface area (Å²) in [7, 11) is 0. The number of aryl methyl sites for hydroxylation is 2. The normalized spacial score (nSPS) is 14.8. The monoisotopic (exact) mass is 403 g/mol. The summed E-state index contributed by atoms with van der Waals surface area (Å²) in [4.78, 5) is 31.9. The van der Waals surface area contributed by atoms with Gasteiger partial charge in [-0.2, -0.15) is 0 Å². The number of amides is 1. The van der Waals surface area contributed by atoms with E-state index in [0.29, 0.717) is 10.1 Å². The van der Waals surface area contributed by atoms with Gasteiger partial charge in [0, 0.05) is 22.2 Å². The topological polar surface area (TPSA) is 89.2 Å². The van der Waals surface area contributed by atoms with Crippen LogP contribution < -0.4 is 10.9 Å². The van der Waals surface area contributed by atoms with Crippen molar-refractivity contribution in [3.63, 3.8) is 0 Å². The molecule has 3 heterocycles. The van der Waals surface area contributed by atoms with Gasteiger partial charge < -0.3 is 0 Å². The predicted octanol–water partition coefficient (Wildman–Crippen LogP) is 3.43. The van der Waals surface area contributed by atoms with Gasteiger partial charge in [-0.25, -0.2) is 4.98 Å². The molecule has 27 heavy (non-hydrogen) atoms. The molecule has 3 aromatic heterocycles. The quantitative estimate of drug-likeness (QED) is 0.662. The minimum Gasteiger partial charge on any atom is -0.296 e. The number of aromatic nitrogens is 4. The van der Waals surface area contributed by atoms with Crippen molar-refractivity contribution in [1.29, 1.82) is 0 Å². The summed E-state index contributed by atoms with van der Waals surface area (Å²) in [5, 5.41) is 12.1. The molecule has 142 valence electrons. The maximum Gasteiger partial charge on any atom is 0.271 e. The summed E-state index contributed by atoms with van der Waals surface area (Å²) >= 11 is 2.88. The van der Waals surface area contributed by atoms with Crippen molar-refractivity contribution in [1.82, 2.24) is 19.6 Å². The van der Waals surface area contributed by atoms with Crippen molar-refractivity contribution in [2.75, 3.05) is 5.32 Å². The van der Waals surface area contributed by atoms with Crippen LogP contribution in [0.15, 0.2) is 11.0 Å². The summed E-state index contributed by atoms with van der Waals surface area (Å²) in [6.45, 7) is 6.10. The van der Waals surface area contributed by atoms with Gasteiger partial charge in [0.2, 0.25) is 5.13 Å². The van der Waals surface area contributed by atoms with Crippen LogP contribution in [-0.2, 0) is 18.3 Å². The first-order valence-corrected chi connectivity index (χ1v) is 10.7. The number of nitrogens with zero attached hydrogens (tertiary/aromatic N) is 4. The average Bonchev–Trinajstić information content (AvgIpc) is 3.14. The Morgan fingerprint density at radius 1 is 1.15 bits per heavy atom. The molecule has 1 amide bonds. The third-order valence-corrected chi connectivity index (χ3v) is 7.01. The van der Waals surface area contributed by atoms with Crippen molar-refractivity contribution < 1.29 is 4.79 Å². The third-order valence-electron chi connectivity index (χ3n) is 4.58. The van der Waals surface area contributed by atoms with Crippen LogP contribution in [0.4, 0.5) is 5.13 Å². The third kappa shape index (κ3) is 3.41. The Labute approximate surface area is 164 Å². The zero-order valence-corrected chi connectivity index (χ0v) is 17.2. The first-order valence-electron chi connectivity index (χ1n) is 9.02. The van der Waals surface area contributed by atoms with Crippen LogP contribution >= 0.6 is 22.7 Å². The largest absolute Gasteiger partial charge is 0.296 e. The molecule has 0 saturated heterocycles. The van der Waals surface area contributed by atoms with E-state index in [9.17, 15) is 9.59 Å². The molecule has 3 aromatic rings. The van der Waals surface area contributed by atoms with Gasteiger partial charge in [0.25, 0.3) is 11.5 Å². The highest BCUT2D eigenvalue weighted by Crippen LogP contribution is 2.29. The molecule has 1 N–H and O–H groups in total. The Morgan fingerprint density at radius 2 is 1.93 bits per heavy atom.